The van der Waals surface area contributed by atoms with E-state index < -0.39 is 0 Å². The maximum atomic E-state index is 12.1. The van der Waals surface area contributed by atoms with Crippen molar-refractivity contribution in [3.63, 3.8) is 0 Å². The minimum Gasteiger partial charge on any atom is -0.316 e. The number of rotatable bonds is 3. The van der Waals surface area contributed by atoms with E-state index >= 15 is 0 Å². The molecule has 0 bridgehead atoms. The van der Waals surface area contributed by atoms with Crippen molar-refractivity contribution >= 4 is 10.9 Å². The van der Waals surface area contributed by atoms with Crippen LogP contribution in [0.1, 0.15) is 6.42 Å². The molecule has 0 atom stereocenters. The van der Waals surface area contributed by atoms with Crippen LogP contribution in [-0.2, 0) is 6.54 Å². The molecule has 5 nitrogen and oxygen atoms in total. The number of nitrogens with zero attached hydrogens (tertiary/aromatic N) is 3. The fourth-order valence-corrected chi connectivity index (χ4v) is 2.03. The van der Waals surface area contributed by atoms with Crippen LogP contribution in [0.4, 0.5) is 0 Å². The largest absolute Gasteiger partial charge is 0.316 e. The van der Waals surface area contributed by atoms with Crippen molar-refractivity contribution in [3.05, 3.63) is 34.6 Å². The Hall–Kier alpha value is -1.75. The SMILES string of the molecule is O=c1c2ccccc2nnn1CCC1CNC1. The Morgan fingerprint density at radius 3 is 2.94 bits per heavy atom. The summed E-state index contributed by atoms with van der Waals surface area (Å²) >= 11 is 0. The lowest BCUT2D eigenvalue weighted by molar-refractivity contribution is 0.302. The number of nitrogens with one attached hydrogen (secondary N) is 1. The fraction of sp³-hybridized carbons (Fsp3) is 0.417. The normalized spacial score (nSPS) is 16.0. The average Bonchev–Trinajstić information content (AvgIpc) is 2.30. The first-order valence-electron chi connectivity index (χ1n) is 5.88. The zero-order chi connectivity index (χ0) is 11.7. The van der Waals surface area contributed by atoms with Gasteiger partial charge in [-0.15, -0.1) is 5.10 Å². The van der Waals surface area contributed by atoms with Crippen molar-refractivity contribution in [2.24, 2.45) is 5.92 Å². The van der Waals surface area contributed by atoms with Crippen LogP contribution in [0.2, 0.25) is 0 Å². The Labute approximate surface area is 98.4 Å². The summed E-state index contributed by atoms with van der Waals surface area (Å²) in [6, 6.07) is 7.32. The minimum atomic E-state index is -0.0390. The highest BCUT2D eigenvalue weighted by Crippen LogP contribution is 2.09. The molecule has 1 fully saturated rings. The van der Waals surface area contributed by atoms with Gasteiger partial charge in [0.05, 0.1) is 5.39 Å². The summed E-state index contributed by atoms with van der Waals surface area (Å²) in [5, 5.41) is 11.9. The molecule has 3 rings (SSSR count). The lowest BCUT2D eigenvalue weighted by Crippen LogP contribution is -2.42. The molecule has 0 aliphatic carbocycles. The van der Waals surface area contributed by atoms with E-state index in [-0.39, 0.29) is 5.56 Å². The van der Waals surface area contributed by atoms with Gasteiger partial charge in [-0.25, -0.2) is 4.68 Å². The molecule has 0 unspecified atom stereocenters. The Balaban J connectivity index is 1.88. The number of hydrogen-bond acceptors (Lipinski definition) is 4. The van der Waals surface area contributed by atoms with Crippen LogP contribution in [0.5, 0.6) is 0 Å². The lowest BCUT2D eigenvalue weighted by Gasteiger charge is -2.26. The summed E-state index contributed by atoms with van der Waals surface area (Å²) in [5.41, 5.74) is 0.627. The molecule has 0 radical (unpaired) electrons. The second-order valence-electron chi connectivity index (χ2n) is 4.45. The highest BCUT2D eigenvalue weighted by Gasteiger charge is 2.16. The molecular formula is C12H14N4O. The molecular weight excluding hydrogens is 216 g/mol. The predicted octanol–water partition coefficient (Wildman–Crippen LogP) is 0.401. The second kappa shape index (κ2) is 4.25. The molecule has 1 aromatic carbocycles. The second-order valence-corrected chi connectivity index (χ2v) is 4.45. The minimum absolute atomic E-state index is 0.0390. The smallest absolute Gasteiger partial charge is 0.277 e. The molecule has 1 aromatic heterocycles. The number of fused-ring (bicyclic) bond motifs is 1. The van der Waals surface area contributed by atoms with Crippen molar-refractivity contribution in [1.29, 1.82) is 0 Å². The molecule has 2 aromatic rings. The fourth-order valence-electron chi connectivity index (χ4n) is 2.03. The third kappa shape index (κ3) is 1.93. The summed E-state index contributed by atoms with van der Waals surface area (Å²) in [6.45, 7) is 2.76. The van der Waals surface area contributed by atoms with Gasteiger partial charge in [0.15, 0.2) is 0 Å². The van der Waals surface area contributed by atoms with Gasteiger partial charge in [0.2, 0.25) is 0 Å². The van der Waals surface area contributed by atoms with Crippen molar-refractivity contribution in [2.45, 2.75) is 13.0 Å². The van der Waals surface area contributed by atoms with Gasteiger partial charge >= 0.3 is 0 Å². The Bertz CT molecular complexity index is 588. The summed E-state index contributed by atoms with van der Waals surface area (Å²) in [7, 11) is 0. The van der Waals surface area contributed by atoms with E-state index in [2.05, 4.69) is 15.6 Å². The molecule has 0 amide bonds. The van der Waals surface area contributed by atoms with Gasteiger partial charge in [-0.05, 0) is 37.6 Å². The van der Waals surface area contributed by atoms with Crippen LogP contribution in [0.15, 0.2) is 29.1 Å². The number of aryl methyl sites for hydroxylation is 1. The van der Waals surface area contributed by atoms with Crippen molar-refractivity contribution in [2.75, 3.05) is 13.1 Å². The monoisotopic (exact) mass is 230 g/mol. The third-order valence-corrected chi connectivity index (χ3v) is 3.24. The Kier molecular flexibility index (Phi) is 2.60. The maximum absolute atomic E-state index is 12.1. The number of benzene rings is 1. The van der Waals surface area contributed by atoms with Gasteiger partial charge in [-0.2, -0.15) is 0 Å². The van der Waals surface area contributed by atoms with E-state index in [9.17, 15) is 4.79 Å². The van der Waals surface area contributed by atoms with Crippen LogP contribution in [0.3, 0.4) is 0 Å². The maximum Gasteiger partial charge on any atom is 0.277 e. The van der Waals surface area contributed by atoms with E-state index in [1.54, 1.807) is 6.07 Å². The molecule has 1 aliphatic rings. The molecule has 5 heteroatoms. The zero-order valence-corrected chi connectivity index (χ0v) is 9.47. The van der Waals surface area contributed by atoms with Crippen molar-refractivity contribution in [3.8, 4) is 0 Å². The van der Waals surface area contributed by atoms with Gasteiger partial charge in [0.1, 0.15) is 5.52 Å². The third-order valence-electron chi connectivity index (χ3n) is 3.24. The molecule has 0 spiro atoms. The molecule has 88 valence electrons. The van der Waals surface area contributed by atoms with E-state index in [1.165, 1.54) is 4.68 Å². The number of hydrogen-bond donors (Lipinski definition) is 1. The predicted molar refractivity (Wildman–Crippen MR) is 64.8 cm³/mol. The van der Waals surface area contributed by atoms with Crippen LogP contribution in [0.25, 0.3) is 10.9 Å². The van der Waals surface area contributed by atoms with Crippen LogP contribution in [0, 0.1) is 5.92 Å². The first-order chi connectivity index (χ1) is 8.34. The quantitative estimate of drug-likeness (QED) is 0.829. The van der Waals surface area contributed by atoms with E-state index in [0.717, 1.165) is 19.5 Å². The van der Waals surface area contributed by atoms with Crippen molar-refractivity contribution in [1.82, 2.24) is 20.3 Å². The van der Waals surface area contributed by atoms with E-state index in [0.29, 0.717) is 23.4 Å². The highest BCUT2D eigenvalue weighted by molar-refractivity contribution is 5.76. The summed E-state index contributed by atoms with van der Waals surface area (Å²) in [4.78, 5) is 12.1. The first-order valence-corrected chi connectivity index (χ1v) is 5.88. The van der Waals surface area contributed by atoms with Gasteiger partial charge in [-0.3, -0.25) is 4.79 Å². The summed E-state index contributed by atoms with van der Waals surface area (Å²) in [6.07, 6.45) is 0.986. The van der Waals surface area contributed by atoms with E-state index in [1.807, 2.05) is 18.2 Å². The molecule has 17 heavy (non-hydrogen) atoms. The van der Waals surface area contributed by atoms with Crippen LogP contribution in [-0.4, -0.2) is 28.1 Å². The first kappa shape index (κ1) is 10.4. The highest BCUT2D eigenvalue weighted by atomic mass is 16.1. The number of aromatic nitrogens is 3. The topological polar surface area (TPSA) is 59.8 Å². The molecule has 1 saturated heterocycles. The van der Waals surface area contributed by atoms with Crippen LogP contribution >= 0.6 is 0 Å². The summed E-state index contributed by atoms with van der Waals surface area (Å²) < 4.78 is 1.47. The summed E-state index contributed by atoms with van der Waals surface area (Å²) in [5.74, 6) is 0.676. The molecule has 2 heterocycles. The van der Waals surface area contributed by atoms with E-state index in [4.69, 9.17) is 0 Å². The lowest BCUT2D eigenvalue weighted by atomic mass is 10.00. The average molecular weight is 230 g/mol. The van der Waals surface area contributed by atoms with Gasteiger partial charge in [0.25, 0.3) is 5.56 Å². The van der Waals surface area contributed by atoms with Gasteiger partial charge in [-0.1, -0.05) is 17.3 Å². The molecule has 1 N–H and O–H groups in total. The Morgan fingerprint density at radius 2 is 2.18 bits per heavy atom. The van der Waals surface area contributed by atoms with Crippen LogP contribution < -0.4 is 10.9 Å². The van der Waals surface area contributed by atoms with Gasteiger partial charge < -0.3 is 5.32 Å². The Morgan fingerprint density at radius 1 is 1.35 bits per heavy atom. The molecule has 0 saturated carbocycles. The zero-order valence-electron chi connectivity index (χ0n) is 9.47. The standard InChI is InChI=1S/C12H14N4O/c17-12-10-3-1-2-4-11(10)14-15-16(12)6-5-9-7-13-8-9/h1-4,9,13H,5-8H2. The molecule has 1 aliphatic heterocycles. The van der Waals surface area contributed by atoms with Gasteiger partial charge in [0, 0.05) is 6.54 Å². The van der Waals surface area contributed by atoms with Crippen molar-refractivity contribution < 1.29 is 0 Å².